The van der Waals surface area contributed by atoms with Gasteiger partial charge in [0.15, 0.2) is 0 Å². The van der Waals surface area contributed by atoms with E-state index in [4.69, 9.17) is 24.7 Å². The summed E-state index contributed by atoms with van der Waals surface area (Å²) in [5, 5.41) is 15.6. The SMILES string of the molecule is CCCCCCCOc1ccc(CCC(N)(CC2CC2)C(O)C(CC(CC2CC2)(NC(=O)OC)C(=O)OCC)c2ccc(OCCCCCCC)cc2)cc1.Cl. The third-order valence-electron chi connectivity index (χ3n) is 11.6. The number of benzene rings is 2. The minimum absolute atomic E-state index is 0. The Morgan fingerprint density at radius 1 is 0.786 bits per heavy atom. The number of carbonyl (C=O) groups excluding carboxylic acids is 2. The molecule has 0 radical (unpaired) electrons. The summed E-state index contributed by atoms with van der Waals surface area (Å²) in [6, 6.07) is 16.1. The number of hydrogen-bond acceptors (Lipinski definition) is 8. The first kappa shape index (κ1) is 47.4. The number of esters is 1. The highest BCUT2D eigenvalue weighted by Crippen LogP contribution is 2.46. The van der Waals surface area contributed by atoms with Gasteiger partial charge in [0.2, 0.25) is 0 Å². The van der Waals surface area contributed by atoms with Crippen LogP contribution < -0.4 is 20.5 Å². The molecular formula is C46H73ClN2O7. The summed E-state index contributed by atoms with van der Waals surface area (Å²) < 4.78 is 22.8. The first-order valence-corrected chi connectivity index (χ1v) is 21.6. The lowest BCUT2D eigenvalue weighted by Gasteiger charge is -2.43. The van der Waals surface area contributed by atoms with Crippen LogP contribution in [0.2, 0.25) is 0 Å². The number of halogens is 1. The molecule has 0 aliphatic heterocycles. The van der Waals surface area contributed by atoms with Crippen LogP contribution in [-0.2, 0) is 20.7 Å². The van der Waals surface area contributed by atoms with Gasteiger partial charge in [0.05, 0.1) is 33.0 Å². The second-order valence-electron chi connectivity index (χ2n) is 16.4. The number of ether oxygens (including phenoxy) is 4. The lowest BCUT2D eigenvalue weighted by Crippen LogP contribution is -2.60. The zero-order chi connectivity index (χ0) is 39.5. The van der Waals surface area contributed by atoms with E-state index in [1.54, 1.807) is 6.92 Å². The molecule has 4 unspecified atom stereocenters. The molecule has 9 nitrogen and oxygen atoms in total. The third-order valence-corrected chi connectivity index (χ3v) is 11.6. The first-order valence-electron chi connectivity index (χ1n) is 21.6. The van der Waals surface area contributed by atoms with Crippen LogP contribution in [0.25, 0.3) is 0 Å². The number of methoxy groups -OCH3 is 1. The van der Waals surface area contributed by atoms with Crippen molar-refractivity contribution in [3.8, 4) is 11.5 Å². The summed E-state index contributed by atoms with van der Waals surface area (Å²) in [5.41, 5.74) is 7.02. The smallest absolute Gasteiger partial charge is 0.407 e. The number of aryl methyl sites for hydroxylation is 1. The molecule has 4 atom stereocenters. The highest BCUT2D eigenvalue weighted by atomic mass is 35.5. The number of carbonyl (C=O) groups is 2. The molecule has 2 saturated carbocycles. The molecule has 4 rings (SSSR count). The lowest BCUT2D eigenvalue weighted by molar-refractivity contribution is -0.152. The van der Waals surface area contributed by atoms with E-state index in [1.807, 2.05) is 36.4 Å². The van der Waals surface area contributed by atoms with E-state index in [9.17, 15) is 14.7 Å². The topological polar surface area (TPSA) is 129 Å². The average Bonchev–Trinajstić information content (AvgIpc) is 4.15. The van der Waals surface area contributed by atoms with Crippen molar-refractivity contribution in [3.63, 3.8) is 0 Å². The molecule has 56 heavy (non-hydrogen) atoms. The number of aliphatic hydroxyl groups excluding tert-OH is 1. The monoisotopic (exact) mass is 801 g/mol. The molecule has 2 aliphatic carbocycles. The van der Waals surface area contributed by atoms with Gasteiger partial charge < -0.3 is 35.1 Å². The quantitative estimate of drug-likeness (QED) is 0.0548. The van der Waals surface area contributed by atoms with Gasteiger partial charge in [0.1, 0.15) is 17.0 Å². The maximum absolute atomic E-state index is 14.0. The second kappa shape index (κ2) is 24.7. The van der Waals surface area contributed by atoms with Gasteiger partial charge in [-0.3, -0.25) is 0 Å². The van der Waals surface area contributed by atoms with E-state index in [-0.39, 0.29) is 31.4 Å². The molecule has 10 heteroatoms. The predicted molar refractivity (Wildman–Crippen MR) is 227 cm³/mol. The van der Waals surface area contributed by atoms with Gasteiger partial charge in [-0.2, -0.15) is 0 Å². The second-order valence-corrected chi connectivity index (χ2v) is 16.4. The molecule has 2 aliphatic rings. The van der Waals surface area contributed by atoms with Crippen molar-refractivity contribution < 1.29 is 33.6 Å². The Morgan fingerprint density at radius 2 is 1.30 bits per heavy atom. The number of alkyl carbamates (subject to hydrolysis) is 1. The molecule has 0 heterocycles. The summed E-state index contributed by atoms with van der Waals surface area (Å²) in [4.78, 5) is 26.9. The number of amides is 1. The van der Waals surface area contributed by atoms with E-state index in [1.165, 1.54) is 52.1 Å². The maximum atomic E-state index is 14.0. The van der Waals surface area contributed by atoms with Crippen LogP contribution in [0.4, 0.5) is 4.79 Å². The first-order chi connectivity index (χ1) is 26.6. The molecule has 0 aromatic heterocycles. The number of nitrogens with one attached hydrogen (secondary N) is 1. The van der Waals surface area contributed by atoms with Crippen molar-refractivity contribution in [3.05, 3.63) is 59.7 Å². The number of hydrogen-bond donors (Lipinski definition) is 3. The largest absolute Gasteiger partial charge is 0.494 e. The Hall–Kier alpha value is -3.01. The van der Waals surface area contributed by atoms with E-state index in [0.29, 0.717) is 38.2 Å². The lowest BCUT2D eigenvalue weighted by atomic mass is 9.70. The van der Waals surface area contributed by atoms with Crippen molar-refractivity contribution in [1.29, 1.82) is 0 Å². The van der Waals surface area contributed by atoms with E-state index in [2.05, 4.69) is 31.3 Å². The molecule has 2 fully saturated rings. The summed E-state index contributed by atoms with van der Waals surface area (Å²) in [7, 11) is 1.30. The molecule has 1 amide bonds. The van der Waals surface area contributed by atoms with Gasteiger partial charge in [-0.1, -0.05) is 115 Å². The van der Waals surface area contributed by atoms with Crippen LogP contribution in [0.3, 0.4) is 0 Å². The van der Waals surface area contributed by atoms with Gasteiger partial charge in [-0.25, -0.2) is 9.59 Å². The number of aliphatic hydroxyl groups is 1. The standard InChI is InChI=1S/C46H72N2O7.ClH/c1-5-8-10-12-14-30-54-39-24-20-35(21-25-39)28-29-45(47,32-36-16-17-36)42(49)41(38-22-26-40(27-23-38)55-31-15-13-11-9-6-2)34-46(33-37-18-19-37,43(50)53-7-3)48-44(51)52-4;/h20-27,36-37,41-42,49H,5-19,28-34,47H2,1-4H3,(H,48,51);1H. The van der Waals surface area contributed by atoms with E-state index < -0.39 is 35.2 Å². The minimum Gasteiger partial charge on any atom is -0.494 e. The summed E-state index contributed by atoms with van der Waals surface area (Å²) >= 11 is 0. The van der Waals surface area contributed by atoms with E-state index in [0.717, 1.165) is 74.2 Å². The van der Waals surface area contributed by atoms with Crippen LogP contribution in [0, 0.1) is 11.8 Å². The van der Waals surface area contributed by atoms with Crippen LogP contribution in [-0.4, -0.2) is 61.3 Å². The fraction of sp³-hybridized carbons (Fsp3) is 0.696. The molecular weight excluding hydrogens is 728 g/mol. The van der Waals surface area contributed by atoms with Gasteiger partial charge in [0.25, 0.3) is 0 Å². The molecule has 316 valence electrons. The van der Waals surface area contributed by atoms with Gasteiger partial charge in [0, 0.05) is 11.5 Å². The van der Waals surface area contributed by atoms with Gasteiger partial charge in [-0.15, -0.1) is 12.4 Å². The zero-order valence-corrected chi connectivity index (χ0v) is 35.7. The highest BCUT2D eigenvalue weighted by molar-refractivity contribution is 5.86. The van der Waals surface area contributed by atoms with Crippen molar-refractivity contribution in [2.75, 3.05) is 26.9 Å². The Kier molecular flexibility index (Phi) is 20.9. The third kappa shape index (κ3) is 15.7. The number of nitrogens with two attached hydrogens (primary N) is 1. The van der Waals surface area contributed by atoms with Crippen LogP contribution in [0.1, 0.15) is 153 Å². The van der Waals surface area contributed by atoms with Gasteiger partial charge in [-0.05, 0) is 99.1 Å². The zero-order valence-electron chi connectivity index (χ0n) is 34.9. The summed E-state index contributed by atoms with van der Waals surface area (Å²) in [5.74, 6) is 1.21. The van der Waals surface area contributed by atoms with Crippen molar-refractivity contribution in [2.45, 2.75) is 166 Å². The average molecular weight is 802 g/mol. The molecule has 0 bridgehead atoms. The van der Waals surface area contributed by atoms with E-state index >= 15 is 0 Å². The number of unbranched alkanes of at least 4 members (excludes halogenated alkanes) is 8. The van der Waals surface area contributed by atoms with Crippen molar-refractivity contribution in [1.82, 2.24) is 5.32 Å². The minimum atomic E-state index is -1.41. The molecule has 2 aromatic carbocycles. The molecule has 4 N–H and O–H groups in total. The maximum Gasteiger partial charge on any atom is 0.407 e. The molecule has 2 aromatic rings. The number of rotatable bonds is 29. The van der Waals surface area contributed by atoms with Crippen LogP contribution in [0.5, 0.6) is 11.5 Å². The highest BCUT2D eigenvalue weighted by Gasteiger charge is 2.51. The summed E-state index contributed by atoms with van der Waals surface area (Å²) in [6.07, 6.45) is 16.6. The Morgan fingerprint density at radius 3 is 1.80 bits per heavy atom. The predicted octanol–water partition coefficient (Wildman–Crippen LogP) is 10.2. The van der Waals surface area contributed by atoms with Crippen LogP contribution >= 0.6 is 12.4 Å². The van der Waals surface area contributed by atoms with Gasteiger partial charge >= 0.3 is 12.1 Å². The van der Waals surface area contributed by atoms with Crippen molar-refractivity contribution >= 4 is 24.5 Å². The van der Waals surface area contributed by atoms with Crippen LogP contribution in [0.15, 0.2) is 48.5 Å². The summed E-state index contributed by atoms with van der Waals surface area (Å²) in [6.45, 7) is 7.72. The molecule has 0 spiro atoms. The fourth-order valence-electron chi connectivity index (χ4n) is 7.88. The Bertz CT molecular complexity index is 1400. The molecule has 0 saturated heterocycles. The Labute approximate surface area is 343 Å². The fourth-order valence-corrected chi connectivity index (χ4v) is 7.88. The van der Waals surface area contributed by atoms with Crippen molar-refractivity contribution in [2.24, 2.45) is 17.6 Å². The Balaban J connectivity index is 0.00000841. The normalized spacial score (nSPS) is 17.0.